The van der Waals surface area contributed by atoms with E-state index in [2.05, 4.69) is 19.1 Å². The molecule has 2 fully saturated rings. The van der Waals surface area contributed by atoms with Gasteiger partial charge in [0, 0.05) is 5.56 Å². The highest BCUT2D eigenvalue weighted by atomic mass is 16.2. The highest BCUT2D eigenvalue weighted by molar-refractivity contribution is 6.10. The van der Waals surface area contributed by atoms with E-state index in [0.717, 1.165) is 48.1 Å². The zero-order chi connectivity index (χ0) is 20.2. The molecule has 2 atom stereocenters. The fraction of sp³-hybridized carbons (Fsp3) is 0.522. The number of carbonyl (C=O) groups is 3. The summed E-state index contributed by atoms with van der Waals surface area (Å²) >= 11 is 0. The molecular formula is C23H28N2O3. The quantitative estimate of drug-likeness (QED) is 0.735. The molecule has 148 valence electrons. The number of amides is 3. The predicted molar refractivity (Wildman–Crippen MR) is 109 cm³/mol. The van der Waals surface area contributed by atoms with Gasteiger partial charge in [-0.05, 0) is 58.2 Å². The van der Waals surface area contributed by atoms with Gasteiger partial charge in [-0.1, -0.05) is 30.5 Å². The maximum atomic E-state index is 13.4. The molecule has 0 bridgehead atoms. The largest absolute Gasteiger partial charge is 0.301 e. The van der Waals surface area contributed by atoms with E-state index < -0.39 is 5.54 Å². The summed E-state index contributed by atoms with van der Waals surface area (Å²) in [7, 11) is 0. The van der Waals surface area contributed by atoms with Gasteiger partial charge in [-0.3, -0.25) is 19.3 Å². The molecule has 0 N–H and O–H groups in total. The number of anilines is 1. The van der Waals surface area contributed by atoms with E-state index in [0.29, 0.717) is 0 Å². The van der Waals surface area contributed by atoms with Crippen LogP contribution >= 0.6 is 0 Å². The van der Waals surface area contributed by atoms with Crippen LogP contribution in [0.25, 0.3) is 5.57 Å². The summed E-state index contributed by atoms with van der Waals surface area (Å²) in [6, 6.07) is 6.04. The highest BCUT2D eigenvalue weighted by Crippen LogP contribution is 2.41. The second-order valence-electron chi connectivity index (χ2n) is 8.99. The Morgan fingerprint density at radius 1 is 1.07 bits per heavy atom. The smallest absolute Gasteiger partial charge is 0.247 e. The monoisotopic (exact) mass is 380 g/mol. The van der Waals surface area contributed by atoms with E-state index >= 15 is 0 Å². The number of carbonyl (C=O) groups excluding carboxylic acids is 3. The molecule has 28 heavy (non-hydrogen) atoms. The Kier molecular flexibility index (Phi) is 4.44. The third-order valence-electron chi connectivity index (χ3n) is 6.44. The number of allylic oxidation sites excluding steroid dienone is 1. The second kappa shape index (κ2) is 6.57. The Morgan fingerprint density at radius 3 is 2.29 bits per heavy atom. The first kappa shape index (κ1) is 18.9. The first-order valence-electron chi connectivity index (χ1n) is 10.2. The second-order valence-corrected chi connectivity index (χ2v) is 8.99. The van der Waals surface area contributed by atoms with Gasteiger partial charge in [-0.15, -0.1) is 0 Å². The van der Waals surface area contributed by atoms with Crippen LogP contribution in [-0.2, 0) is 14.4 Å². The number of fused-ring (bicyclic) bond motifs is 2. The van der Waals surface area contributed by atoms with Crippen LogP contribution in [0.5, 0.6) is 0 Å². The normalized spacial score (nSPS) is 26.1. The number of likely N-dealkylation sites (tertiary alicyclic amines) is 1. The fourth-order valence-electron chi connectivity index (χ4n) is 5.19. The number of hydrogen-bond acceptors (Lipinski definition) is 3. The molecule has 5 nitrogen and oxygen atoms in total. The highest BCUT2D eigenvalue weighted by Gasteiger charge is 2.49. The number of nitrogens with zero attached hydrogens (tertiary/aromatic N) is 2. The van der Waals surface area contributed by atoms with Gasteiger partial charge in [0.1, 0.15) is 6.54 Å². The summed E-state index contributed by atoms with van der Waals surface area (Å²) in [6.45, 7) is 7.90. The van der Waals surface area contributed by atoms with E-state index in [4.69, 9.17) is 0 Å². The Balaban J connectivity index is 1.65. The van der Waals surface area contributed by atoms with Gasteiger partial charge in [0.05, 0.1) is 23.1 Å². The van der Waals surface area contributed by atoms with Crippen molar-refractivity contribution in [1.82, 2.24) is 4.90 Å². The molecule has 0 spiro atoms. The third kappa shape index (κ3) is 2.88. The Morgan fingerprint density at radius 2 is 1.68 bits per heavy atom. The van der Waals surface area contributed by atoms with Crippen molar-refractivity contribution >= 4 is 29.0 Å². The minimum atomic E-state index is -0.526. The standard InChI is InChI=1S/C23H28N2O3/c1-14-9-10-19-18(11-14)15(2)12-23(3,4)25(19)20(26)13-24-21(27)16-7-5-6-8-17(16)22(24)28/h9-12,16-17H,5-8,13H2,1-4H3. The average molecular weight is 380 g/mol. The van der Waals surface area contributed by atoms with E-state index in [9.17, 15) is 14.4 Å². The molecule has 2 unspecified atom stereocenters. The summed E-state index contributed by atoms with van der Waals surface area (Å²) in [5.41, 5.74) is 3.61. The topological polar surface area (TPSA) is 57.7 Å². The molecule has 0 aromatic heterocycles. The molecule has 1 saturated carbocycles. The minimum absolute atomic E-state index is 0.159. The van der Waals surface area contributed by atoms with Crippen LogP contribution in [0.4, 0.5) is 5.69 Å². The summed E-state index contributed by atoms with van der Waals surface area (Å²) in [6.07, 6.45) is 5.58. The average Bonchev–Trinajstić information content (AvgIpc) is 2.87. The SMILES string of the molecule is CC1=CC(C)(C)N(C(=O)CN2C(=O)C3CCCCC3C2=O)c2ccc(C)cc21. The van der Waals surface area contributed by atoms with Gasteiger partial charge in [0.25, 0.3) is 0 Å². The van der Waals surface area contributed by atoms with E-state index in [-0.39, 0.29) is 36.1 Å². The minimum Gasteiger partial charge on any atom is -0.301 e. The van der Waals surface area contributed by atoms with Crippen molar-refractivity contribution in [2.24, 2.45) is 11.8 Å². The van der Waals surface area contributed by atoms with Crippen LogP contribution in [0.2, 0.25) is 0 Å². The van der Waals surface area contributed by atoms with Crippen molar-refractivity contribution in [1.29, 1.82) is 0 Å². The lowest BCUT2D eigenvalue weighted by atomic mass is 9.81. The summed E-state index contributed by atoms with van der Waals surface area (Å²) in [5.74, 6) is -0.970. The number of benzene rings is 1. The van der Waals surface area contributed by atoms with Crippen molar-refractivity contribution in [3.05, 3.63) is 35.4 Å². The van der Waals surface area contributed by atoms with Crippen LogP contribution < -0.4 is 4.90 Å². The van der Waals surface area contributed by atoms with Crippen LogP contribution in [0, 0.1) is 18.8 Å². The van der Waals surface area contributed by atoms with Crippen molar-refractivity contribution < 1.29 is 14.4 Å². The zero-order valence-electron chi connectivity index (χ0n) is 17.1. The van der Waals surface area contributed by atoms with Crippen molar-refractivity contribution in [3.63, 3.8) is 0 Å². The van der Waals surface area contributed by atoms with Crippen LogP contribution in [0.15, 0.2) is 24.3 Å². The molecule has 1 saturated heterocycles. The van der Waals surface area contributed by atoms with E-state index in [1.807, 2.05) is 32.9 Å². The maximum absolute atomic E-state index is 13.4. The first-order valence-corrected chi connectivity index (χ1v) is 10.2. The molecule has 5 heteroatoms. The summed E-state index contributed by atoms with van der Waals surface area (Å²) in [4.78, 5) is 41.9. The predicted octanol–water partition coefficient (Wildman–Crippen LogP) is 3.70. The van der Waals surface area contributed by atoms with Gasteiger partial charge >= 0.3 is 0 Å². The molecule has 4 rings (SSSR count). The summed E-state index contributed by atoms with van der Waals surface area (Å²) in [5, 5.41) is 0. The lowest BCUT2D eigenvalue weighted by Crippen LogP contribution is -2.53. The molecule has 1 aromatic rings. The number of aryl methyl sites for hydroxylation is 1. The molecule has 1 aliphatic carbocycles. The van der Waals surface area contributed by atoms with E-state index in [1.165, 1.54) is 4.90 Å². The molecule has 2 aliphatic heterocycles. The van der Waals surface area contributed by atoms with Crippen molar-refractivity contribution in [3.8, 4) is 0 Å². The molecule has 2 heterocycles. The molecule has 1 aromatic carbocycles. The Bertz CT molecular complexity index is 875. The number of hydrogen-bond donors (Lipinski definition) is 0. The van der Waals surface area contributed by atoms with Gasteiger partial charge in [-0.25, -0.2) is 0 Å². The van der Waals surface area contributed by atoms with Gasteiger partial charge in [0.15, 0.2) is 0 Å². The van der Waals surface area contributed by atoms with Gasteiger partial charge < -0.3 is 4.90 Å². The van der Waals surface area contributed by atoms with Crippen LogP contribution in [0.1, 0.15) is 57.6 Å². The van der Waals surface area contributed by atoms with Crippen LogP contribution in [0.3, 0.4) is 0 Å². The molecule has 0 radical (unpaired) electrons. The Hall–Kier alpha value is -2.43. The van der Waals surface area contributed by atoms with Gasteiger partial charge in [0.2, 0.25) is 17.7 Å². The van der Waals surface area contributed by atoms with Crippen molar-refractivity contribution in [2.45, 2.75) is 58.9 Å². The van der Waals surface area contributed by atoms with Gasteiger partial charge in [-0.2, -0.15) is 0 Å². The lowest BCUT2D eigenvalue weighted by molar-refractivity contribution is -0.143. The Labute approximate surface area is 166 Å². The van der Waals surface area contributed by atoms with Crippen LogP contribution in [-0.4, -0.2) is 34.7 Å². The van der Waals surface area contributed by atoms with Crippen molar-refractivity contribution in [2.75, 3.05) is 11.4 Å². The first-order chi connectivity index (χ1) is 13.2. The maximum Gasteiger partial charge on any atom is 0.247 e. The molecule has 3 amide bonds. The zero-order valence-corrected chi connectivity index (χ0v) is 17.1. The number of imide groups is 1. The lowest BCUT2D eigenvalue weighted by Gasteiger charge is -2.42. The van der Waals surface area contributed by atoms with E-state index in [1.54, 1.807) is 4.90 Å². The number of rotatable bonds is 2. The summed E-state index contributed by atoms with van der Waals surface area (Å²) < 4.78 is 0. The fourth-order valence-corrected chi connectivity index (χ4v) is 5.19. The third-order valence-corrected chi connectivity index (χ3v) is 6.44. The molecular weight excluding hydrogens is 352 g/mol. The molecule has 3 aliphatic rings.